The number of carbonyl (C=O) groups excluding carboxylic acids is 1. The van der Waals surface area contributed by atoms with Gasteiger partial charge in [-0.3, -0.25) is 9.78 Å². The molecule has 0 saturated heterocycles. The molecule has 0 saturated carbocycles. The number of aromatic nitrogens is 1. The van der Waals surface area contributed by atoms with Crippen LogP contribution in [0.5, 0.6) is 11.5 Å². The van der Waals surface area contributed by atoms with Gasteiger partial charge in [0.15, 0.2) is 5.78 Å². The fourth-order valence-electron chi connectivity index (χ4n) is 6.17. The van der Waals surface area contributed by atoms with Crippen LogP contribution >= 0.6 is 0 Å². The zero-order chi connectivity index (χ0) is 33.1. The number of pyridine rings is 1. The summed E-state index contributed by atoms with van der Waals surface area (Å²) in [5.74, 6) is 0.423. The number of aryl methyl sites for hydroxylation is 2. The second-order valence-corrected chi connectivity index (χ2v) is 12.4. The molecule has 1 radical (unpaired) electrons. The van der Waals surface area contributed by atoms with Crippen LogP contribution in [0.2, 0.25) is 0 Å². The van der Waals surface area contributed by atoms with Crippen LogP contribution in [0.4, 0.5) is 13.2 Å². The monoisotopic (exact) mass is 811 g/mol. The van der Waals surface area contributed by atoms with E-state index < -0.39 is 24.3 Å². The molecule has 0 aliphatic carbocycles. The summed E-state index contributed by atoms with van der Waals surface area (Å²) < 4.78 is 43.3. The van der Waals surface area contributed by atoms with Crippen LogP contribution in [-0.4, -0.2) is 22.1 Å². The molecule has 0 amide bonds. The summed E-state index contributed by atoms with van der Waals surface area (Å²) in [5, 5.41) is 14.3. The van der Waals surface area contributed by atoms with Crippen LogP contribution in [0.1, 0.15) is 77.0 Å². The van der Waals surface area contributed by atoms with E-state index in [0.717, 1.165) is 51.6 Å². The van der Waals surface area contributed by atoms with Gasteiger partial charge in [0.1, 0.15) is 5.75 Å². The Morgan fingerprint density at radius 2 is 1.70 bits per heavy atom. The Kier molecular flexibility index (Phi) is 12.6. The van der Waals surface area contributed by atoms with E-state index in [2.05, 4.69) is 70.2 Å². The zero-order valence-corrected chi connectivity index (χ0v) is 30.0. The molecule has 5 rings (SSSR count). The number of rotatable bonds is 9. The minimum absolute atomic E-state index is 0. The van der Waals surface area contributed by atoms with Crippen molar-refractivity contribution in [3.05, 3.63) is 77.2 Å². The Labute approximate surface area is 283 Å². The molecule has 1 atom stereocenters. The Balaban J connectivity index is 0.000000269. The van der Waals surface area contributed by atoms with Gasteiger partial charge in [-0.05, 0) is 68.5 Å². The molecule has 4 aromatic rings. The van der Waals surface area contributed by atoms with Crippen LogP contribution in [0.3, 0.4) is 0 Å². The summed E-state index contributed by atoms with van der Waals surface area (Å²) in [6.07, 6.45) is -0.124. The van der Waals surface area contributed by atoms with Gasteiger partial charge in [0.25, 0.3) is 0 Å². The average Bonchev–Trinajstić information content (AvgIpc) is 2.96. The maximum Gasteiger partial charge on any atom is 0.389 e. The Morgan fingerprint density at radius 1 is 1.02 bits per heavy atom. The number of allylic oxidation sites excluding steroid dienone is 2. The number of nitrogens with zero attached hydrogens (tertiary/aromatic N) is 1. The second kappa shape index (κ2) is 15.6. The average molecular weight is 811 g/mol. The van der Waals surface area contributed by atoms with Gasteiger partial charge in [-0.15, -0.1) is 17.5 Å². The van der Waals surface area contributed by atoms with Crippen LogP contribution in [0, 0.1) is 37.7 Å². The molecule has 1 unspecified atom stereocenters. The van der Waals surface area contributed by atoms with E-state index in [0.29, 0.717) is 18.8 Å². The molecular formula is C38H43F3IrNO3-. The van der Waals surface area contributed by atoms with Gasteiger partial charge in [0, 0.05) is 55.3 Å². The van der Waals surface area contributed by atoms with Crippen molar-refractivity contribution in [2.75, 3.05) is 0 Å². The fraction of sp³-hybridized carbons (Fsp3) is 0.421. The normalized spacial score (nSPS) is 13.2. The van der Waals surface area contributed by atoms with Crippen LogP contribution in [0.15, 0.2) is 54.4 Å². The molecule has 46 heavy (non-hydrogen) atoms. The topological polar surface area (TPSA) is 59.4 Å². The van der Waals surface area contributed by atoms with E-state index in [1.807, 2.05) is 20.0 Å². The van der Waals surface area contributed by atoms with Gasteiger partial charge >= 0.3 is 6.18 Å². The Bertz CT molecular complexity index is 1720. The number of hydrogen-bond acceptors (Lipinski definition) is 4. The van der Waals surface area contributed by atoms with Gasteiger partial charge in [0.2, 0.25) is 0 Å². The summed E-state index contributed by atoms with van der Waals surface area (Å²) in [7, 11) is 0. The number of alkyl halides is 3. The fourth-order valence-corrected chi connectivity index (χ4v) is 6.17. The van der Waals surface area contributed by atoms with Crippen LogP contribution < -0.4 is 4.74 Å². The van der Waals surface area contributed by atoms with Crippen molar-refractivity contribution in [1.29, 1.82) is 0 Å². The molecule has 249 valence electrons. The van der Waals surface area contributed by atoms with Gasteiger partial charge in [-0.25, -0.2) is 0 Å². The van der Waals surface area contributed by atoms with Crippen LogP contribution in [0.25, 0.3) is 32.8 Å². The van der Waals surface area contributed by atoms with Gasteiger partial charge < -0.3 is 9.84 Å². The van der Waals surface area contributed by atoms with E-state index in [4.69, 9.17) is 9.72 Å². The van der Waals surface area contributed by atoms with Crippen molar-refractivity contribution in [3.63, 3.8) is 0 Å². The maximum absolute atomic E-state index is 12.3. The number of ketones is 1. The first kappa shape index (κ1) is 37.2. The van der Waals surface area contributed by atoms with Crippen molar-refractivity contribution in [3.8, 4) is 22.8 Å². The number of aliphatic hydroxyl groups is 1. The van der Waals surface area contributed by atoms with Crippen molar-refractivity contribution >= 4 is 27.3 Å². The zero-order valence-electron chi connectivity index (χ0n) is 27.6. The molecule has 1 aromatic heterocycles. The van der Waals surface area contributed by atoms with Crippen LogP contribution in [-0.2, 0) is 31.3 Å². The maximum atomic E-state index is 12.3. The molecule has 0 fully saturated rings. The number of ether oxygens (including phenoxy) is 1. The summed E-state index contributed by atoms with van der Waals surface area (Å²) in [4.78, 5) is 16.4. The number of halogens is 3. The summed E-state index contributed by atoms with van der Waals surface area (Å²) in [6, 6.07) is 16.5. The molecule has 0 bridgehead atoms. The summed E-state index contributed by atoms with van der Waals surface area (Å²) >= 11 is 0. The molecule has 8 heteroatoms. The molecular weight excluding hydrogens is 768 g/mol. The van der Waals surface area contributed by atoms with Gasteiger partial charge in [-0.1, -0.05) is 74.9 Å². The molecule has 2 heterocycles. The number of aliphatic hydroxyl groups excluding tert-OH is 1. The molecule has 1 aliphatic rings. The SMILES string of the molecule is CCC(CC)C(=O)/C=C(\O)C(CC)CC(F)(F)F.Cc1cccc2[c-]c3c(c(C)c12)Oc1cc(CC(C)C)cc2ccnc-3c12.[Ir]. The third-order valence-electron chi connectivity index (χ3n) is 8.52. The summed E-state index contributed by atoms with van der Waals surface area (Å²) in [5.41, 5.74) is 5.67. The number of carbonyl (C=O) groups is 1. The molecule has 1 N–H and O–H groups in total. The van der Waals surface area contributed by atoms with E-state index >= 15 is 0 Å². The third kappa shape index (κ3) is 8.37. The number of hydrogen-bond donors (Lipinski definition) is 1. The molecule has 4 nitrogen and oxygen atoms in total. The van der Waals surface area contributed by atoms with E-state index in [-0.39, 0.29) is 38.2 Å². The Hall–Kier alpha value is -3.22. The smallest absolute Gasteiger partial charge is 0.389 e. The predicted octanol–water partition coefficient (Wildman–Crippen LogP) is 11.2. The first-order valence-electron chi connectivity index (χ1n) is 15.8. The first-order valence-corrected chi connectivity index (χ1v) is 15.8. The Morgan fingerprint density at radius 3 is 2.30 bits per heavy atom. The van der Waals surface area contributed by atoms with E-state index in [1.54, 1.807) is 6.92 Å². The van der Waals surface area contributed by atoms with Crippen molar-refractivity contribution < 1.29 is 47.9 Å². The number of benzene rings is 3. The van der Waals surface area contributed by atoms with Crippen molar-refractivity contribution in [1.82, 2.24) is 4.98 Å². The van der Waals surface area contributed by atoms with Gasteiger partial charge in [-0.2, -0.15) is 13.2 Å². The standard InChI is InChI=1S/C25H22NO.C13H21F3O2.Ir/c1-14(2)10-17-11-19-8-9-26-24-20-13-18-7-5-6-15(3)22(18)16(4)25(20)27-21(12-17)23(19)24;1-4-9(5-2)11(17)7-12(18)10(6-3)8-13(14,15)16;/h5-9,11-12,14H,10H2,1-4H3;7,9-10,18H,4-6,8H2,1-3H3;/q-1;;/b;12-7-;. The minimum Gasteiger partial charge on any atom is -0.512 e. The predicted molar refractivity (Wildman–Crippen MR) is 176 cm³/mol. The van der Waals surface area contributed by atoms with E-state index in [9.17, 15) is 23.1 Å². The van der Waals surface area contributed by atoms with Crippen molar-refractivity contribution in [2.24, 2.45) is 17.8 Å². The second-order valence-electron chi connectivity index (χ2n) is 12.4. The largest absolute Gasteiger partial charge is 0.512 e. The van der Waals surface area contributed by atoms with Gasteiger partial charge in [0.05, 0.1) is 17.9 Å². The number of fused-ring (bicyclic) bond motifs is 3. The third-order valence-corrected chi connectivity index (χ3v) is 8.52. The van der Waals surface area contributed by atoms with Crippen molar-refractivity contribution in [2.45, 2.75) is 86.7 Å². The quantitative estimate of drug-likeness (QED) is 0.0915. The minimum atomic E-state index is -4.33. The molecule has 1 aliphatic heterocycles. The summed E-state index contributed by atoms with van der Waals surface area (Å²) in [6.45, 7) is 14.0. The first-order chi connectivity index (χ1) is 21.3. The molecule has 3 aromatic carbocycles. The van der Waals surface area contributed by atoms with E-state index in [1.165, 1.54) is 21.9 Å². The molecule has 0 spiro atoms.